The Morgan fingerprint density at radius 1 is 1.50 bits per heavy atom. The zero-order valence-electron chi connectivity index (χ0n) is 9.98. The molecule has 1 aromatic heterocycles. The summed E-state index contributed by atoms with van der Waals surface area (Å²) >= 11 is 0. The fraction of sp³-hybridized carbons (Fsp3) is 0.167. The zero-order chi connectivity index (χ0) is 13.1. The molecule has 6 heteroatoms. The molecule has 2 aromatic rings. The van der Waals surface area contributed by atoms with Crippen LogP contribution >= 0.6 is 0 Å². The van der Waals surface area contributed by atoms with Crippen molar-refractivity contribution in [3.05, 3.63) is 42.0 Å². The molecule has 94 valence electrons. The van der Waals surface area contributed by atoms with Gasteiger partial charge in [-0.15, -0.1) is 0 Å². The topological polar surface area (TPSA) is 56.1 Å². The minimum atomic E-state index is -0.573. The van der Waals surface area contributed by atoms with Crippen molar-refractivity contribution in [2.75, 3.05) is 12.4 Å². The number of benzene rings is 1. The molecular weight excluding hydrogens is 237 g/mol. The molecule has 1 amide bonds. The number of amides is 1. The van der Waals surface area contributed by atoms with E-state index in [9.17, 15) is 9.18 Å². The molecular formula is C12H12FN3O2. The molecule has 2 rings (SSSR count). The summed E-state index contributed by atoms with van der Waals surface area (Å²) in [6.07, 6.45) is 3.16. The van der Waals surface area contributed by atoms with Crippen LogP contribution in [0.2, 0.25) is 0 Å². The third kappa shape index (κ3) is 2.48. The molecule has 0 bridgehead atoms. The minimum Gasteiger partial charge on any atom is -0.494 e. The van der Waals surface area contributed by atoms with Gasteiger partial charge in [0.15, 0.2) is 11.6 Å². The Labute approximate surface area is 103 Å². The summed E-state index contributed by atoms with van der Waals surface area (Å²) in [5, 5.41) is 6.53. The number of aryl methyl sites for hydroxylation is 1. The Kier molecular flexibility index (Phi) is 3.27. The maximum Gasteiger partial charge on any atom is 0.255 e. The third-order valence-electron chi connectivity index (χ3n) is 2.38. The maximum atomic E-state index is 13.4. The standard InChI is InChI=1S/C12H12FN3O2/c1-16-7-9(6-14-16)15-12(17)8-3-4-11(18-2)10(13)5-8/h3-7H,1-2H3,(H,15,17). The van der Waals surface area contributed by atoms with Crippen LogP contribution in [0, 0.1) is 5.82 Å². The van der Waals surface area contributed by atoms with Gasteiger partial charge in [-0.2, -0.15) is 5.10 Å². The number of carbonyl (C=O) groups excluding carboxylic acids is 1. The molecule has 0 spiro atoms. The Hall–Kier alpha value is -2.37. The van der Waals surface area contributed by atoms with Crippen molar-refractivity contribution >= 4 is 11.6 Å². The highest BCUT2D eigenvalue weighted by atomic mass is 19.1. The second-order valence-corrected chi connectivity index (χ2v) is 3.71. The van der Waals surface area contributed by atoms with Crippen LogP contribution in [0.5, 0.6) is 5.75 Å². The number of halogens is 1. The Balaban J connectivity index is 2.16. The lowest BCUT2D eigenvalue weighted by atomic mass is 10.2. The molecule has 0 saturated heterocycles. The van der Waals surface area contributed by atoms with Gasteiger partial charge in [0, 0.05) is 18.8 Å². The van der Waals surface area contributed by atoms with E-state index in [1.165, 1.54) is 25.4 Å². The number of aromatic nitrogens is 2. The Bertz CT molecular complexity index is 580. The van der Waals surface area contributed by atoms with Gasteiger partial charge in [0.25, 0.3) is 5.91 Å². The van der Waals surface area contributed by atoms with Crippen molar-refractivity contribution in [1.29, 1.82) is 0 Å². The normalized spacial score (nSPS) is 10.2. The van der Waals surface area contributed by atoms with E-state index in [0.717, 1.165) is 6.07 Å². The summed E-state index contributed by atoms with van der Waals surface area (Å²) in [6.45, 7) is 0. The van der Waals surface area contributed by atoms with Gasteiger partial charge in [0.05, 0.1) is 19.0 Å². The summed E-state index contributed by atoms with van der Waals surface area (Å²) in [4.78, 5) is 11.8. The van der Waals surface area contributed by atoms with Gasteiger partial charge in [0.1, 0.15) is 0 Å². The van der Waals surface area contributed by atoms with Gasteiger partial charge in [-0.05, 0) is 18.2 Å². The number of nitrogens with zero attached hydrogens (tertiary/aromatic N) is 2. The molecule has 0 aliphatic heterocycles. The van der Waals surface area contributed by atoms with Crippen LogP contribution < -0.4 is 10.1 Å². The quantitative estimate of drug-likeness (QED) is 0.902. The van der Waals surface area contributed by atoms with Crippen molar-refractivity contribution in [2.24, 2.45) is 7.05 Å². The van der Waals surface area contributed by atoms with Crippen LogP contribution in [0.25, 0.3) is 0 Å². The van der Waals surface area contributed by atoms with Crippen molar-refractivity contribution in [3.63, 3.8) is 0 Å². The fourth-order valence-electron chi connectivity index (χ4n) is 1.50. The van der Waals surface area contributed by atoms with Crippen molar-refractivity contribution in [1.82, 2.24) is 9.78 Å². The fourth-order valence-corrected chi connectivity index (χ4v) is 1.50. The number of hydrogen-bond acceptors (Lipinski definition) is 3. The van der Waals surface area contributed by atoms with Crippen LogP contribution in [0.3, 0.4) is 0 Å². The van der Waals surface area contributed by atoms with Crippen molar-refractivity contribution in [3.8, 4) is 5.75 Å². The maximum absolute atomic E-state index is 13.4. The van der Waals surface area contributed by atoms with E-state index in [0.29, 0.717) is 5.69 Å². The molecule has 0 unspecified atom stereocenters. The molecule has 0 fully saturated rings. The van der Waals surface area contributed by atoms with Crippen molar-refractivity contribution in [2.45, 2.75) is 0 Å². The molecule has 0 saturated carbocycles. The lowest BCUT2D eigenvalue weighted by molar-refractivity contribution is 0.102. The van der Waals surface area contributed by atoms with E-state index < -0.39 is 11.7 Å². The number of carbonyl (C=O) groups is 1. The highest BCUT2D eigenvalue weighted by molar-refractivity contribution is 6.04. The zero-order valence-corrected chi connectivity index (χ0v) is 9.98. The van der Waals surface area contributed by atoms with Crippen molar-refractivity contribution < 1.29 is 13.9 Å². The highest BCUT2D eigenvalue weighted by Gasteiger charge is 2.10. The molecule has 5 nitrogen and oxygen atoms in total. The third-order valence-corrected chi connectivity index (χ3v) is 2.38. The predicted octanol–water partition coefficient (Wildman–Crippen LogP) is 1.82. The van der Waals surface area contributed by atoms with Crippen LogP contribution in [0.15, 0.2) is 30.6 Å². The number of hydrogen-bond donors (Lipinski definition) is 1. The second-order valence-electron chi connectivity index (χ2n) is 3.71. The molecule has 1 N–H and O–H groups in total. The van der Waals surface area contributed by atoms with E-state index in [4.69, 9.17) is 4.74 Å². The first-order valence-corrected chi connectivity index (χ1v) is 5.23. The largest absolute Gasteiger partial charge is 0.494 e. The van der Waals surface area contributed by atoms with Crippen LogP contribution in [0.1, 0.15) is 10.4 Å². The number of nitrogens with one attached hydrogen (secondary N) is 1. The Morgan fingerprint density at radius 3 is 2.83 bits per heavy atom. The van der Waals surface area contributed by atoms with E-state index in [1.807, 2.05) is 0 Å². The lowest BCUT2D eigenvalue weighted by Gasteiger charge is -2.05. The first-order valence-electron chi connectivity index (χ1n) is 5.23. The molecule has 0 aliphatic carbocycles. The van der Waals surface area contributed by atoms with E-state index in [2.05, 4.69) is 10.4 Å². The monoisotopic (exact) mass is 249 g/mol. The summed E-state index contributed by atoms with van der Waals surface area (Å²) in [5.74, 6) is -0.867. The molecule has 1 heterocycles. The van der Waals surface area contributed by atoms with Gasteiger partial charge >= 0.3 is 0 Å². The van der Waals surface area contributed by atoms with E-state index in [-0.39, 0.29) is 11.3 Å². The lowest BCUT2D eigenvalue weighted by Crippen LogP contribution is -2.11. The van der Waals surface area contributed by atoms with Gasteiger partial charge < -0.3 is 10.1 Å². The first-order chi connectivity index (χ1) is 8.60. The van der Waals surface area contributed by atoms with Gasteiger partial charge in [-0.1, -0.05) is 0 Å². The smallest absolute Gasteiger partial charge is 0.255 e. The number of anilines is 1. The van der Waals surface area contributed by atoms with Gasteiger partial charge in [-0.25, -0.2) is 4.39 Å². The van der Waals surface area contributed by atoms with E-state index in [1.54, 1.807) is 17.9 Å². The summed E-state index contributed by atoms with van der Waals surface area (Å²) in [5.41, 5.74) is 0.774. The summed E-state index contributed by atoms with van der Waals surface area (Å²) in [6, 6.07) is 4.03. The van der Waals surface area contributed by atoms with E-state index >= 15 is 0 Å². The molecule has 0 radical (unpaired) electrons. The molecule has 18 heavy (non-hydrogen) atoms. The van der Waals surface area contributed by atoms with Gasteiger partial charge in [-0.3, -0.25) is 9.48 Å². The van der Waals surface area contributed by atoms with Crippen LogP contribution in [0.4, 0.5) is 10.1 Å². The summed E-state index contributed by atoms with van der Waals surface area (Å²) < 4.78 is 19.8. The summed E-state index contributed by atoms with van der Waals surface area (Å²) in [7, 11) is 3.11. The SMILES string of the molecule is COc1ccc(C(=O)Nc2cnn(C)c2)cc1F. The number of methoxy groups -OCH3 is 1. The number of rotatable bonds is 3. The minimum absolute atomic E-state index is 0.105. The first kappa shape index (κ1) is 12.1. The average molecular weight is 249 g/mol. The highest BCUT2D eigenvalue weighted by Crippen LogP contribution is 2.18. The predicted molar refractivity (Wildman–Crippen MR) is 64.1 cm³/mol. The van der Waals surface area contributed by atoms with Gasteiger partial charge in [0.2, 0.25) is 0 Å². The van der Waals surface area contributed by atoms with Crippen LogP contribution in [-0.4, -0.2) is 22.8 Å². The molecule has 0 atom stereocenters. The Morgan fingerprint density at radius 2 is 2.28 bits per heavy atom. The van der Waals surface area contributed by atoms with Crippen LogP contribution in [-0.2, 0) is 7.05 Å². The molecule has 1 aromatic carbocycles. The number of ether oxygens (including phenoxy) is 1. The molecule has 0 aliphatic rings. The average Bonchev–Trinajstić information content (AvgIpc) is 2.74. The second kappa shape index (κ2) is 4.87.